The van der Waals surface area contributed by atoms with Gasteiger partial charge in [-0.15, -0.1) is 10.2 Å². The highest BCUT2D eigenvalue weighted by Gasteiger charge is 2.28. The highest BCUT2D eigenvalue weighted by molar-refractivity contribution is 5.93. The molecule has 1 amide bonds. The molecule has 1 atom stereocenters. The van der Waals surface area contributed by atoms with Gasteiger partial charge in [0.2, 0.25) is 0 Å². The van der Waals surface area contributed by atoms with E-state index in [-0.39, 0.29) is 11.8 Å². The van der Waals surface area contributed by atoms with Crippen LogP contribution in [0.15, 0.2) is 67.1 Å². The topological polar surface area (TPSA) is 68.3 Å². The van der Waals surface area contributed by atoms with Crippen molar-refractivity contribution in [3.63, 3.8) is 0 Å². The molecule has 0 unspecified atom stereocenters. The monoisotopic (exact) mass is 386 g/mol. The average Bonchev–Trinajstić information content (AvgIpc) is 3.41. The Hall–Kier alpha value is -3.48. The molecule has 5 rings (SSSR count). The van der Waals surface area contributed by atoms with E-state index in [1.54, 1.807) is 6.20 Å². The van der Waals surface area contributed by atoms with Gasteiger partial charge in [-0.25, -0.2) is 0 Å². The van der Waals surface area contributed by atoms with Gasteiger partial charge in [0.25, 0.3) is 5.91 Å². The molecule has 0 spiro atoms. The van der Waals surface area contributed by atoms with Crippen LogP contribution in [0.25, 0.3) is 5.65 Å². The Morgan fingerprint density at radius 1 is 1.07 bits per heavy atom. The van der Waals surface area contributed by atoms with Gasteiger partial charge in [-0.1, -0.05) is 36.4 Å². The van der Waals surface area contributed by atoms with Crippen molar-refractivity contribution in [3.05, 3.63) is 84.1 Å². The minimum absolute atomic E-state index is 0.0304. The number of rotatable bonds is 4. The SMILES string of the molecule is O=C(c1cnn(Cc2ccccc2)c1)N1CCC[C@@H](c2nnc3ccccn23)C1. The molecule has 29 heavy (non-hydrogen) atoms. The first-order chi connectivity index (χ1) is 14.3. The second-order valence-electron chi connectivity index (χ2n) is 7.49. The molecular weight excluding hydrogens is 364 g/mol. The van der Waals surface area contributed by atoms with Gasteiger partial charge < -0.3 is 4.90 Å². The van der Waals surface area contributed by atoms with Gasteiger partial charge in [0.05, 0.1) is 18.3 Å². The van der Waals surface area contributed by atoms with Crippen molar-refractivity contribution in [1.82, 2.24) is 29.3 Å². The standard InChI is InChI=1S/C22H22N6O/c29-22(19-13-23-27(16-19)14-17-7-2-1-3-8-17)26-11-6-9-18(15-26)21-25-24-20-10-4-5-12-28(20)21/h1-5,7-8,10,12-13,16,18H,6,9,11,14-15H2/t18-/m1/s1. The molecule has 4 aromatic rings. The average molecular weight is 386 g/mol. The van der Waals surface area contributed by atoms with Crippen LogP contribution in [0.5, 0.6) is 0 Å². The van der Waals surface area contributed by atoms with Crippen molar-refractivity contribution >= 4 is 11.6 Å². The van der Waals surface area contributed by atoms with Crippen molar-refractivity contribution in [1.29, 1.82) is 0 Å². The summed E-state index contributed by atoms with van der Waals surface area (Å²) in [5.41, 5.74) is 2.63. The number of piperidine rings is 1. The van der Waals surface area contributed by atoms with E-state index in [9.17, 15) is 4.79 Å². The first-order valence-electron chi connectivity index (χ1n) is 9.93. The molecule has 7 nitrogen and oxygen atoms in total. The second-order valence-corrected chi connectivity index (χ2v) is 7.49. The van der Waals surface area contributed by atoms with E-state index in [0.29, 0.717) is 18.7 Å². The van der Waals surface area contributed by atoms with Crippen molar-refractivity contribution in [2.45, 2.75) is 25.3 Å². The molecule has 4 heterocycles. The lowest BCUT2D eigenvalue weighted by molar-refractivity contribution is 0.0704. The number of pyridine rings is 1. The van der Waals surface area contributed by atoms with Gasteiger partial charge in [-0.2, -0.15) is 5.10 Å². The van der Waals surface area contributed by atoms with E-state index in [0.717, 1.165) is 36.4 Å². The number of hydrogen-bond donors (Lipinski definition) is 0. The van der Waals surface area contributed by atoms with E-state index in [1.807, 2.05) is 62.8 Å². The lowest BCUT2D eigenvalue weighted by Gasteiger charge is -2.31. The van der Waals surface area contributed by atoms with Crippen LogP contribution < -0.4 is 0 Å². The minimum atomic E-state index is 0.0304. The highest BCUT2D eigenvalue weighted by Crippen LogP contribution is 2.27. The summed E-state index contributed by atoms with van der Waals surface area (Å²) in [5, 5.41) is 13.0. The molecule has 0 radical (unpaired) electrons. The third-order valence-electron chi connectivity index (χ3n) is 5.48. The maximum absolute atomic E-state index is 13.1. The number of nitrogens with zero attached hydrogens (tertiary/aromatic N) is 6. The summed E-state index contributed by atoms with van der Waals surface area (Å²) in [7, 11) is 0. The molecule has 0 N–H and O–H groups in total. The van der Waals surface area contributed by atoms with Crippen molar-refractivity contribution in [3.8, 4) is 0 Å². The van der Waals surface area contributed by atoms with Crippen LogP contribution in [0.4, 0.5) is 0 Å². The molecule has 0 bridgehead atoms. The smallest absolute Gasteiger partial charge is 0.257 e. The number of carbonyl (C=O) groups is 1. The van der Waals surface area contributed by atoms with Crippen LogP contribution in [0, 0.1) is 0 Å². The molecule has 0 aliphatic carbocycles. The lowest BCUT2D eigenvalue weighted by Crippen LogP contribution is -2.39. The first kappa shape index (κ1) is 17.6. The Labute approximate surface area is 168 Å². The van der Waals surface area contributed by atoms with Gasteiger partial charge in [-0.05, 0) is 30.5 Å². The highest BCUT2D eigenvalue weighted by atomic mass is 16.2. The lowest BCUT2D eigenvalue weighted by atomic mass is 9.96. The fourth-order valence-electron chi connectivity index (χ4n) is 4.02. The number of benzene rings is 1. The number of likely N-dealkylation sites (tertiary alicyclic amines) is 1. The molecule has 7 heteroatoms. The van der Waals surface area contributed by atoms with Crippen LogP contribution in [0.3, 0.4) is 0 Å². The van der Waals surface area contributed by atoms with Crippen LogP contribution in [0.2, 0.25) is 0 Å². The summed E-state index contributed by atoms with van der Waals surface area (Å²) in [6, 6.07) is 16.0. The molecule has 3 aromatic heterocycles. The number of hydrogen-bond acceptors (Lipinski definition) is 4. The van der Waals surface area contributed by atoms with Gasteiger partial charge >= 0.3 is 0 Å². The Kier molecular flexibility index (Phi) is 4.56. The minimum Gasteiger partial charge on any atom is -0.338 e. The quantitative estimate of drug-likeness (QED) is 0.541. The predicted molar refractivity (Wildman–Crippen MR) is 109 cm³/mol. The Morgan fingerprint density at radius 3 is 2.83 bits per heavy atom. The zero-order valence-corrected chi connectivity index (χ0v) is 16.1. The molecule has 1 saturated heterocycles. The zero-order valence-electron chi connectivity index (χ0n) is 16.1. The Bertz CT molecular complexity index is 1130. The summed E-state index contributed by atoms with van der Waals surface area (Å²) < 4.78 is 3.84. The van der Waals surface area contributed by atoms with E-state index in [2.05, 4.69) is 27.4 Å². The zero-order chi connectivity index (χ0) is 19.6. The fraction of sp³-hybridized carbons (Fsp3) is 0.273. The number of carbonyl (C=O) groups excluding carboxylic acids is 1. The second kappa shape index (κ2) is 7.50. The van der Waals surface area contributed by atoms with Crippen molar-refractivity contribution < 1.29 is 4.79 Å². The van der Waals surface area contributed by atoms with E-state index in [4.69, 9.17) is 0 Å². The summed E-state index contributed by atoms with van der Waals surface area (Å²) in [5.74, 6) is 1.14. The van der Waals surface area contributed by atoms with Crippen LogP contribution in [-0.2, 0) is 6.54 Å². The number of aromatic nitrogens is 5. The van der Waals surface area contributed by atoms with Crippen LogP contribution >= 0.6 is 0 Å². The van der Waals surface area contributed by atoms with E-state index < -0.39 is 0 Å². The summed E-state index contributed by atoms with van der Waals surface area (Å²) in [4.78, 5) is 15.0. The first-order valence-corrected chi connectivity index (χ1v) is 9.93. The van der Waals surface area contributed by atoms with Gasteiger partial charge in [0, 0.05) is 31.4 Å². The third kappa shape index (κ3) is 3.51. The molecular formula is C22H22N6O. The molecule has 1 aromatic carbocycles. The summed E-state index contributed by atoms with van der Waals surface area (Å²) in [6.07, 6.45) is 7.45. The molecule has 1 aliphatic rings. The van der Waals surface area contributed by atoms with Gasteiger partial charge in [-0.3, -0.25) is 13.9 Å². The molecule has 146 valence electrons. The van der Waals surface area contributed by atoms with Gasteiger partial charge in [0.15, 0.2) is 5.65 Å². The van der Waals surface area contributed by atoms with E-state index >= 15 is 0 Å². The summed E-state index contributed by atoms with van der Waals surface area (Å²) in [6.45, 7) is 2.07. The number of fused-ring (bicyclic) bond motifs is 1. The van der Waals surface area contributed by atoms with Crippen molar-refractivity contribution in [2.24, 2.45) is 0 Å². The molecule has 1 fully saturated rings. The van der Waals surface area contributed by atoms with Crippen molar-refractivity contribution in [2.75, 3.05) is 13.1 Å². The fourth-order valence-corrected chi connectivity index (χ4v) is 4.02. The van der Waals surface area contributed by atoms with Crippen LogP contribution in [-0.4, -0.2) is 48.3 Å². The third-order valence-corrected chi connectivity index (χ3v) is 5.48. The van der Waals surface area contributed by atoms with Gasteiger partial charge in [0.1, 0.15) is 5.82 Å². The predicted octanol–water partition coefficient (Wildman–Crippen LogP) is 2.99. The normalized spacial score (nSPS) is 17.0. The van der Waals surface area contributed by atoms with E-state index in [1.165, 1.54) is 0 Å². The maximum Gasteiger partial charge on any atom is 0.257 e. The summed E-state index contributed by atoms with van der Waals surface area (Å²) >= 11 is 0. The largest absolute Gasteiger partial charge is 0.338 e. The Balaban J connectivity index is 1.31. The van der Waals surface area contributed by atoms with Crippen LogP contribution in [0.1, 0.15) is 40.5 Å². The molecule has 1 aliphatic heterocycles. The molecule has 0 saturated carbocycles. The Morgan fingerprint density at radius 2 is 1.93 bits per heavy atom. The maximum atomic E-state index is 13.1. The number of amides is 1.